The van der Waals surface area contributed by atoms with Crippen molar-refractivity contribution in [1.29, 1.82) is 0 Å². The molecule has 2 aliphatic heterocycles. The van der Waals surface area contributed by atoms with Crippen LogP contribution in [-0.2, 0) is 6.54 Å². The molecular formula is C10H6ClN3O2S. The average Bonchev–Trinajstić information content (AvgIpc) is 2.84. The van der Waals surface area contributed by atoms with Gasteiger partial charge < -0.3 is 8.98 Å². The Balaban J connectivity index is 2.03. The summed E-state index contributed by atoms with van der Waals surface area (Å²) in [5, 5.41) is 0. The van der Waals surface area contributed by atoms with Gasteiger partial charge in [0.25, 0.3) is 0 Å². The quantitative estimate of drug-likeness (QED) is 0.713. The number of hydrogen-bond donors (Lipinski definition) is 0. The number of aromatic nitrogens is 3. The standard InChI is InChI=1S/C10H6ClN3O2S/c11-9-12-4-6(17-9)5-14-3-1-2-7-8(14)13-10(15)16-7/h1-4H,5H2. The van der Waals surface area contributed by atoms with E-state index < -0.39 is 5.76 Å². The van der Waals surface area contributed by atoms with Crippen LogP contribution in [0.3, 0.4) is 0 Å². The molecule has 17 heavy (non-hydrogen) atoms. The second-order valence-corrected chi connectivity index (χ2v) is 5.08. The summed E-state index contributed by atoms with van der Waals surface area (Å²) in [5.41, 5.74) is 0. The van der Waals surface area contributed by atoms with E-state index in [4.69, 9.17) is 16.0 Å². The van der Waals surface area contributed by atoms with E-state index in [-0.39, 0.29) is 0 Å². The van der Waals surface area contributed by atoms with Gasteiger partial charge in [-0.3, -0.25) is 0 Å². The Hall–Kier alpha value is -1.66. The van der Waals surface area contributed by atoms with Crippen molar-refractivity contribution in [2.45, 2.75) is 6.54 Å². The Bertz CT molecular complexity index is 687. The second-order valence-electron chi connectivity index (χ2n) is 3.38. The zero-order valence-corrected chi connectivity index (χ0v) is 10.0. The molecule has 3 heterocycles. The Morgan fingerprint density at radius 2 is 2.41 bits per heavy atom. The average molecular weight is 268 g/mol. The molecule has 0 radical (unpaired) electrons. The third-order valence-corrected chi connectivity index (χ3v) is 3.35. The van der Waals surface area contributed by atoms with Crippen molar-refractivity contribution >= 4 is 22.9 Å². The summed E-state index contributed by atoms with van der Waals surface area (Å²) in [7, 11) is 0. The molecule has 5 nitrogen and oxygen atoms in total. The van der Waals surface area contributed by atoms with Crippen molar-refractivity contribution in [3.63, 3.8) is 0 Å². The molecular weight excluding hydrogens is 262 g/mol. The predicted octanol–water partition coefficient (Wildman–Crippen LogP) is 2.10. The van der Waals surface area contributed by atoms with Crippen LogP contribution in [0, 0.1) is 0 Å². The Morgan fingerprint density at radius 1 is 1.53 bits per heavy atom. The highest BCUT2D eigenvalue weighted by atomic mass is 35.5. The summed E-state index contributed by atoms with van der Waals surface area (Å²) in [6, 6.07) is 3.51. The highest BCUT2D eigenvalue weighted by molar-refractivity contribution is 7.15. The van der Waals surface area contributed by atoms with Crippen LogP contribution >= 0.6 is 22.9 Å². The van der Waals surface area contributed by atoms with Gasteiger partial charge in [0.2, 0.25) is 0 Å². The SMILES string of the molecule is O=c1nc2n(Cc3cnc(Cl)s3)cccc-2o1. The van der Waals surface area contributed by atoms with Gasteiger partial charge in [-0.05, 0) is 12.1 Å². The first kappa shape index (κ1) is 10.5. The van der Waals surface area contributed by atoms with Crippen LogP contribution in [0.25, 0.3) is 11.6 Å². The lowest BCUT2D eigenvalue weighted by atomic mass is 10.3. The number of fused-ring (bicyclic) bond motifs is 1. The van der Waals surface area contributed by atoms with Crippen molar-refractivity contribution in [2.24, 2.45) is 0 Å². The molecule has 7 heteroatoms. The van der Waals surface area contributed by atoms with E-state index in [1.54, 1.807) is 18.3 Å². The summed E-state index contributed by atoms with van der Waals surface area (Å²) >= 11 is 7.16. The lowest BCUT2D eigenvalue weighted by Gasteiger charge is -2.07. The van der Waals surface area contributed by atoms with Crippen molar-refractivity contribution in [1.82, 2.24) is 14.5 Å². The highest BCUT2D eigenvalue weighted by Gasteiger charge is 2.14. The van der Waals surface area contributed by atoms with Crippen molar-refractivity contribution in [3.8, 4) is 11.6 Å². The smallest absolute Gasteiger partial charge is 0.405 e. The van der Waals surface area contributed by atoms with Gasteiger partial charge in [0.15, 0.2) is 16.1 Å². The van der Waals surface area contributed by atoms with Crippen LogP contribution in [-0.4, -0.2) is 14.5 Å². The third kappa shape index (κ3) is 1.96. The summed E-state index contributed by atoms with van der Waals surface area (Å²) in [5.74, 6) is 0.428. The van der Waals surface area contributed by atoms with Crippen molar-refractivity contribution in [3.05, 3.63) is 44.4 Å². The fraction of sp³-hybridized carbons (Fsp3) is 0.100. The maximum absolute atomic E-state index is 11.1. The monoisotopic (exact) mass is 267 g/mol. The highest BCUT2D eigenvalue weighted by Crippen LogP contribution is 2.22. The molecule has 0 saturated carbocycles. The summed E-state index contributed by atoms with van der Waals surface area (Å²) in [6.45, 7) is 0.563. The fourth-order valence-electron chi connectivity index (χ4n) is 1.58. The molecule has 1 aromatic heterocycles. The minimum Gasteiger partial charge on any atom is -0.405 e. The molecule has 0 aromatic carbocycles. The maximum Gasteiger partial charge on any atom is 0.441 e. The number of pyridine rings is 1. The van der Waals surface area contributed by atoms with Gasteiger partial charge in [0.05, 0.1) is 6.54 Å². The van der Waals surface area contributed by atoms with Gasteiger partial charge in [-0.1, -0.05) is 11.6 Å². The van der Waals surface area contributed by atoms with Crippen LogP contribution in [0.15, 0.2) is 33.7 Å². The first-order valence-corrected chi connectivity index (χ1v) is 5.98. The molecule has 3 rings (SSSR count). The van der Waals surface area contributed by atoms with Crippen molar-refractivity contribution in [2.75, 3.05) is 0 Å². The van der Waals surface area contributed by atoms with Crippen LogP contribution < -0.4 is 5.76 Å². The van der Waals surface area contributed by atoms with Crippen LogP contribution in [0.1, 0.15) is 4.88 Å². The minimum atomic E-state index is -0.581. The summed E-state index contributed by atoms with van der Waals surface area (Å²) in [4.78, 5) is 19.8. The van der Waals surface area contributed by atoms with Crippen LogP contribution in [0.4, 0.5) is 0 Å². The molecule has 0 unspecified atom stereocenters. The van der Waals surface area contributed by atoms with Gasteiger partial charge in [-0.25, -0.2) is 9.78 Å². The van der Waals surface area contributed by atoms with Gasteiger partial charge >= 0.3 is 5.76 Å². The maximum atomic E-state index is 11.1. The van der Waals surface area contributed by atoms with E-state index in [2.05, 4.69) is 9.97 Å². The molecule has 0 atom stereocenters. The number of hydrogen-bond acceptors (Lipinski definition) is 5. The van der Waals surface area contributed by atoms with E-state index in [1.165, 1.54) is 11.3 Å². The molecule has 0 amide bonds. The summed E-state index contributed by atoms with van der Waals surface area (Å²) < 4.78 is 7.25. The molecule has 0 N–H and O–H groups in total. The Morgan fingerprint density at radius 3 is 3.18 bits per heavy atom. The molecule has 0 spiro atoms. The third-order valence-electron chi connectivity index (χ3n) is 2.25. The predicted molar refractivity (Wildman–Crippen MR) is 63.6 cm³/mol. The number of nitrogens with zero attached hydrogens (tertiary/aromatic N) is 3. The topological polar surface area (TPSA) is 60.9 Å². The molecule has 0 saturated heterocycles. The molecule has 86 valence electrons. The van der Waals surface area contributed by atoms with Crippen LogP contribution in [0.2, 0.25) is 4.47 Å². The van der Waals surface area contributed by atoms with E-state index >= 15 is 0 Å². The molecule has 2 aliphatic rings. The first-order chi connectivity index (χ1) is 8.22. The zero-order valence-electron chi connectivity index (χ0n) is 8.46. The molecule has 0 aliphatic carbocycles. The molecule has 0 bridgehead atoms. The number of halogens is 1. The molecule has 1 aromatic rings. The Kier molecular flexibility index (Phi) is 2.45. The van der Waals surface area contributed by atoms with Crippen molar-refractivity contribution < 1.29 is 4.42 Å². The number of oxazole rings is 1. The second kappa shape index (κ2) is 3.97. The normalized spacial score (nSPS) is 11.1. The summed E-state index contributed by atoms with van der Waals surface area (Å²) in [6.07, 6.45) is 3.54. The van der Waals surface area contributed by atoms with Gasteiger partial charge in [-0.15, -0.1) is 11.3 Å². The number of thiazole rings is 1. The van der Waals surface area contributed by atoms with E-state index in [1.807, 2.05) is 10.8 Å². The lowest BCUT2D eigenvalue weighted by molar-refractivity contribution is 0.529. The van der Waals surface area contributed by atoms with Crippen LogP contribution in [0.5, 0.6) is 0 Å². The van der Waals surface area contributed by atoms with E-state index in [9.17, 15) is 4.79 Å². The van der Waals surface area contributed by atoms with Gasteiger partial charge in [-0.2, -0.15) is 4.98 Å². The van der Waals surface area contributed by atoms with Gasteiger partial charge in [0.1, 0.15) is 0 Å². The zero-order chi connectivity index (χ0) is 11.8. The van der Waals surface area contributed by atoms with E-state index in [0.717, 1.165) is 4.88 Å². The minimum absolute atomic E-state index is 0.480. The van der Waals surface area contributed by atoms with Gasteiger partial charge in [0, 0.05) is 17.3 Å². The molecule has 0 fully saturated rings. The Labute approximate surface area is 105 Å². The lowest BCUT2D eigenvalue weighted by Crippen LogP contribution is -2.04. The largest absolute Gasteiger partial charge is 0.441 e. The van der Waals surface area contributed by atoms with E-state index in [0.29, 0.717) is 22.6 Å². The first-order valence-electron chi connectivity index (χ1n) is 4.78. The fourth-order valence-corrected chi connectivity index (χ4v) is 2.55. The number of rotatable bonds is 2.